The molecule has 0 aromatic heterocycles. The molecule has 0 heterocycles. The molecule has 0 saturated heterocycles. The Balaban J connectivity index is 2.22. The number of hydrogen-bond acceptors (Lipinski definition) is 5. The van der Waals surface area contributed by atoms with Crippen molar-refractivity contribution in [1.82, 2.24) is 0 Å². The van der Waals surface area contributed by atoms with E-state index in [-0.39, 0.29) is 17.9 Å². The van der Waals surface area contributed by atoms with E-state index in [1.54, 1.807) is 24.3 Å². The summed E-state index contributed by atoms with van der Waals surface area (Å²) in [4.78, 5) is 10.9. The molecule has 6 heteroatoms. The fourth-order valence-corrected chi connectivity index (χ4v) is 1.54. The Morgan fingerprint density at radius 2 is 1.60 bits per heavy atom. The highest BCUT2D eigenvalue weighted by Crippen LogP contribution is 2.25. The van der Waals surface area contributed by atoms with Crippen molar-refractivity contribution in [2.24, 2.45) is 10.2 Å². The number of phenols is 1. The lowest BCUT2D eigenvalue weighted by atomic mass is 10.2. The van der Waals surface area contributed by atoms with Gasteiger partial charge in [0, 0.05) is 0 Å². The van der Waals surface area contributed by atoms with E-state index in [1.807, 2.05) is 0 Å². The van der Waals surface area contributed by atoms with Gasteiger partial charge in [-0.1, -0.05) is 12.1 Å². The number of benzene rings is 2. The van der Waals surface area contributed by atoms with Crippen molar-refractivity contribution >= 4 is 17.3 Å². The van der Waals surface area contributed by atoms with E-state index < -0.39 is 5.97 Å². The van der Waals surface area contributed by atoms with Crippen LogP contribution in [-0.4, -0.2) is 21.3 Å². The Morgan fingerprint density at radius 1 is 1.00 bits per heavy atom. The van der Waals surface area contributed by atoms with Gasteiger partial charge in [-0.25, -0.2) is 4.79 Å². The lowest BCUT2D eigenvalue weighted by Gasteiger charge is -2.00. The Bertz CT molecular complexity index is 651. The minimum absolute atomic E-state index is 0.0443. The van der Waals surface area contributed by atoms with Gasteiger partial charge in [-0.05, 0) is 35.9 Å². The van der Waals surface area contributed by atoms with Crippen LogP contribution in [0.5, 0.6) is 5.75 Å². The molecule has 0 unspecified atom stereocenters. The predicted molar refractivity (Wildman–Crippen MR) is 71.6 cm³/mol. The molecule has 2 rings (SSSR count). The largest absolute Gasteiger partial charge is 0.507 e. The summed E-state index contributed by atoms with van der Waals surface area (Å²) in [6.45, 7) is -0.0443. The maximum atomic E-state index is 10.9. The highest BCUT2D eigenvalue weighted by atomic mass is 16.4. The molecular weight excluding hydrogens is 260 g/mol. The number of carboxylic acids is 1. The van der Waals surface area contributed by atoms with E-state index >= 15 is 0 Å². The highest BCUT2D eigenvalue weighted by Gasteiger charge is 2.09. The fraction of sp³-hybridized carbons (Fsp3) is 0.0714. The average Bonchev–Trinajstić information content (AvgIpc) is 2.46. The van der Waals surface area contributed by atoms with E-state index in [2.05, 4.69) is 10.2 Å². The van der Waals surface area contributed by atoms with Crippen LogP contribution in [0.3, 0.4) is 0 Å². The lowest BCUT2D eigenvalue weighted by molar-refractivity contribution is 0.0694. The smallest absolute Gasteiger partial charge is 0.339 e. The second kappa shape index (κ2) is 5.94. The second-order valence-corrected chi connectivity index (χ2v) is 4.03. The molecule has 20 heavy (non-hydrogen) atoms. The van der Waals surface area contributed by atoms with Gasteiger partial charge in [-0.3, -0.25) is 0 Å². The summed E-state index contributed by atoms with van der Waals surface area (Å²) in [6, 6.07) is 10.8. The molecule has 0 fully saturated rings. The van der Waals surface area contributed by atoms with Crippen molar-refractivity contribution in [3.05, 3.63) is 53.6 Å². The number of hydrogen-bond donors (Lipinski definition) is 3. The van der Waals surface area contributed by atoms with Gasteiger partial charge in [0.05, 0.1) is 18.0 Å². The van der Waals surface area contributed by atoms with E-state index in [0.29, 0.717) is 11.4 Å². The summed E-state index contributed by atoms with van der Waals surface area (Å²) in [5, 5.41) is 35.0. The average molecular weight is 272 g/mol. The first-order valence-corrected chi connectivity index (χ1v) is 5.78. The number of carboxylic acid groups (broad SMARTS) is 1. The predicted octanol–water partition coefficient (Wildman–Crippen LogP) is 3.00. The van der Waals surface area contributed by atoms with Crippen LogP contribution in [0.1, 0.15) is 15.9 Å². The van der Waals surface area contributed by atoms with Gasteiger partial charge in [0.25, 0.3) is 0 Å². The fourth-order valence-electron chi connectivity index (χ4n) is 1.54. The molecule has 0 saturated carbocycles. The van der Waals surface area contributed by atoms with Crippen molar-refractivity contribution < 1.29 is 20.1 Å². The summed E-state index contributed by atoms with van der Waals surface area (Å²) in [5.41, 5.74) is 1.44. The van der Waals surface area contributed by atoms with Gasteiger partial charge >= 0.3 is 5.97 Å². The normalized spacial score (nSPS) is 10.8. The van der Waals surface area contributed by atoms with E-state index in [9.17, 15) is 9.90 Å². The first kappa shape index (κ1) is 13.7. The third-order valence-corrected chi connectivity index (χ3v) is 2.61. The first-order chi connectivity index (χ1) is 9.60. The van der Waals surface area contributed by atoms with Crippen LogP contribution < -0.4 is 0 Å². The maximum absolute atomic E-state index is 10.9. The third kappa shape index (κ3) is 3.18. The summed E-state index contributed by atoms with van der Waals surface area (Å²) < 4.78 is 0. The van der Waals surface area contributed by atoms with Crippen LogP contribution in [0.15, 0.2) is 52.7 Å². The topological polar surface area (TPSA) is 102 Å². The summed E-state index contributed by atoms with van der Waals surface area (Å²) >= 11 is 0. The standard InChI is InChI=1S/C14H12N2O4/c17-8-9-1-3-10(4-2-9)15-16-11-5-6-13(18)12(7-11)14(19)20/h1-7,17-18H,8H2,(H,19,20). The van der Waals surface area contributed by atoms with Crippen LogP contribution in [0, 0.1) is 0 Å². The Hall–Kier alpha value is -2.73. The van der Waals surface area contributed by atoms with Crippen LogP contribution in [-0.2, 0) is 6.61 Å². The Kier molecular flexibility index (Phi) is 4.07. The zero-order chi connectivity index (χ0) is 14.5. The molecule has 0 amide bonds. The Labute approximate surface area is 114 Å². The summed E-state index contributed by atoms with van der Waals surface area (Å²) in [6.07, 6.45) is 0. The van der Waals surface area contributed by atoms with Gasteiger partial charge < -0.3 is 15.3 Å². The van der Waals surface area contributed by atoms with E-state index in [1.165, 1.54) is 18.2 Å². The second-order valence-electron chi connectivity index (χ2n) is 4.03. The zero-order valence-corrected chi connectivity index (χ0v) is 10.4. The lowest BCUT2D eigenvalue weighted by Crippen LogP contribution is -1.95. The number of rotatable bonds is 4. The number of aromatic hydroxyl groups is 1. The molecule has 0 bridgehead atoms. The molecule has 0 aliphatic rings. The van der Waals surface area contributed by atoms with Crippen LogP contribution in [0.25, 0.3) is 0 Å². The molecule has 0 atom stereocenters. The maximum Gasteiger partial charge on any atom is 0.339 e. The number of nitrogens with zero attached hydrogens (tertiary/aromatic N) is 2. The number of aliphatic hydroxyl groups excluding tert-OH is 1. The van der Waals surface area contributed by atoms with Crippen LogP contribution in [0.2, 0.25) is 0 Å². The van der Waals surface area contributed by atoms with Crippen molar-refractivity contribution in [1.29, 1.82) is 0 Å². The zero-order valence-electron chi connectivity index (χ0n) is 10.4. The summed E-state index contributed by atoms with van der Waals surface area (Å²) in [5.74, 6) is -1.55. The third-order valence-electron chi connectivity index (χ3n) is 2.61. The molecule has 2 aromatic carbocycles. The molecule has 3 N–H and O–H groups in total. The monoisotopic (exact) mass is 272 g/mol. The van der Waals surface area contributed by atoms with E-state index in [0.717, 1.165) is 5.56 Å². The van der Waals surface area contributed by atoms with Gasteiger partial charge in [0.1, 0.15) is 11.3 Å². The van der Waals surface area contributed by atoms with Gasteiger partial charge in [0.15, 0.2) is 0 Å². The van der Waals surface area contributed by atoms with Crippen molar-refractivity contribution in [3.8, 4) is 5.75 Å². The molecular formula is C14H12N2O4. The minimum Gasteiger partial charge on any atom is -0.507 e. The van der Waals surface area contributed by atoms with Gasteiger partial charge in [-0.2, -0.15) is 10.2 Å². The van der Waals surface area contributed by atoms with Gasteiger partial charge in [-0.15, -0.1) is 0 Å². The van der Waals surface area contributed by atoms with Crippen molar-refractivity contribution in [2.75, 3.05) is 0 Å². The molecule has 0 radical (unpaired) electrons. The number of aromatic carboxylic acids is 1. The SMILES string of the molecule is O=C(O)c1cc(N=Nc2ccc(CO)cc2)ccc1O. The molecule has 102 valence electrons. The molecule has 0 spiro atoms. The van der Waals surface area contributed by atoms with Crippen molar-refractivity contribution in [2.45, 2.75) is 6.61 Å². The van der Waals surface area contributed by atoms with Crippen molar-refractivity contribution in [3.63, 3.8) is 0 Å². The quantitative estimate of drug-likeness (QED) is 0.744. The number of azo groups is 1. The highest BCUT2D eigenvalue weighted by molar-refractivity contribution is 5.91. The summed E-state index contributed by atoms with van der Waals surface area (Å²) in [7, 11) is 0. The van der Waals surface area contributed by atoms with Crippen LogP contribution >= 0.6 is 0 Å². The Morgan fingerprint density at radius 3 is 2.20 bits per heavy atom. The molecule has 0 aliphatic heterocycles. The first-order valence-electron chi connectivity index (χ1n) is 5.78. The minimum atomic E-state index is -1.23. The van der Waals surface area contributed by atoms with Gasteiger partial charge in [0.2, 0.25) is 0 Å². The number of aliphatic hydroxyl groups is 1. The molecule has 0 aliphatic carbocycles. The van der Waals surface area contributed by atoms with E-state index in [4.69, 9.17) is 10.2 Å². The molecule has 6 nitrogen and oxygen atoms in total. The van der Waals surface area contributed by atoms with Crippen LogP contribution in [0.4, 0.5) is 11.4 Å². The molecule has 2 aromatic rings. The number of carbonyl (C=O) groups is 1.